The molecule has 2 rings (SSSR count). The van der Waals surface area contributed by atoms with Gasteiger partial charge in [-0.3, -0.25) is 0 Å². The molecule has 0 heterocycles. The first-order valence-electron chi connectivity index (χ1n) is 6.38. The smallest absolute Gasteiger partial charge is 0.169 e. The second-order valence-electron chi connectivity index (χ2n) is 4.95. The fraction of sp³-hybridized carbons (Fsp3) is 0.200. The van der Waals surface area contributed by atoms with Crippen molar-refractivity contribution in [1.82, 2.24) is 0 Å². The predicted molar refractivity (Wildman–Crippen MR) is 85.8 cm³/mol. The van der Waals surface area contributed by atoms with E-state index in [4.69, 9.17) is 46.4 Å². The minimum absolute atomic E-state index is 0.463. The van der Waals surface area contributed by atoms with Crippen molar-refractivity contribution in [2.45, 2.75) is 17.8 Å². The molecule has 0 N–H and O–H groups in total. The Kier molecular flexibility index (Phi) is 5.51. The highest BCUT2D eigenvalue weighted by Gasteiger charge is 2.73. The van der Waals surface area contributed by atoms with Crippen LogP contribution in [0.4, 0.5) is 26.3 Å². The Morgan fingerprint density at radius 3 is 1.16 bits per heavy atom. The van der Waals surface area contributed by atoms with Crippen molar-refractivity contribution in [3.05, 3.63) is 67.6 Å². The molecule has 0 bridgehead atoms. The van der Waals surface area contributed by atoms with Gasteiger partial charge in [-0.2, -0.15) is 26.3 Å². The van der Waals surface area contributed by atoms with Crippen LogP contribution in [0.5, 0.6) is 0 Å². The highest BCUT2D eigenvalue weighted by atomic mass is 35.5. The van der Waals surface area contributed by atoms with Crippen LogP contribution in [-0.2, 0) is 5.41 Å². The van der Waals surface area contributed by atoms with Crippen molar-refractivity contribution in [1.29, 1.82) is 0 Å². The summed E-state index contributed by atoms with van der Waals surface area (Å²) >= 11 is 22.8. The monoisotopic (exact) mass is 440 g/mol. The molecule has 0 saturated heterocycles. The van der Waals surface area contributed by atoms with Gasteiger partial charge in [-0.25, -0.2) is 0 Å². The topological polar surface area (TPSA) is 0 Å². The second-order valence-corrected chi connectivity index (χ2v) is 6.52. The van der Waals surface area contributed by atoms with Crippen LogP contribution in [0, 0.1) is 0 Å². The molecule has 0 unspecified atom stereocenters. The SMILES string of the molecule is FC(F)(F)C(c1cccc(Cl)c1Cl)(c1cccc(Cl)c1Cl)C(F)(F)F. The van der Waals surface area contributed by atoms with Gasteiger partial charge < -0.3 is 0 Å². The van der Waals surface area contributed by atoms with Crippen LogP contribution in [0.15, 0.2) is 36.4 Å². The normalized spacial score (nSPS) is 13.2. The third-order valence-electron chi connectivity index (χ3n) is 3.56. The summed E-state index contributed by atoms with van der Waals surface area (Å²) in [4.78, 5) is 0. The zero-order valence-electron chi connectivity index (χ0n) is 11.7. The van der Waals surface area contributed by atoms with Gasteiger partial charge >= 0.3 is 12.4 Å². The van der Waals surface area contributed by atoms with Crippen LogP contribution in [0.2, 0.25) is 20.1 Å². The van der Waals surface area contributed by atoms with Gasteiger partial charge in [-0.1, -0.05) is 70.7 Å². The zero-order valence-corrected chi connectivity index (χ0v) is 14.8. The average Bonchev–Trinajstić information content (AvgIpc) is 2.45. The number of halogens is 10. The molecule has 10 heteroatoms. The summed E-state index contributed by atoms with van der Waals surface area (Å²) in [5.74, 6) is 0. The van der Waals surface area contributed by atoms with Crippen molar-refractivity contribution >= 4 is 46.4 Å². The average molecular weight is 442 g/mol. The maximum atomic E-state index is 13.9. The molecule has 0 atom stereocenters. The molecule has 0 aromatic heterocycles. The molecule has 2 aromatic rings. The fourth-order valence-corrected chi connectivity index (χ4v) is 3.39. The van der Waals surface area contributed by atoms with E-state index in [2.05, 4.69) is 0 Å². The third kappa shape index (κ3) is 3.18. The lowest BCUT2D eigenvalue weighted by Gasteiger charge is -2.39. The maximum absolute atomic E-state index is 13.9. The van der Waals surface area contributed by atoms with Crippen LogP contribution in [0.3, 0.4) is 0 Å². The molecular weight excluding hydrogens is 436 g/mol. The number of hydrogen-bond donors (Lipinski definition) is 0. The predicted octanol–water partition coefficient (Wildman–Crippen LogP) is 7.71. The molecule has 25 heavy (non-hydrogen) atoms. The molecule has 0 aliphatic rings. The van der Waals surface area contributed by atoms with Gasteiger partial charge in [0.25, 0.3) is 0 Å². The standard InChI is InChI=1S/C15H6Cl4F6/c16-9-5-1-3-7(11(9)18)13(14(20,21)22,15(23,24)25)8-4-2-6-10(17)12(8)19/h1-6H. The van der Waals surface area contributed by atoms with E-state index < -0.39 is 49.0 Å². The van der Waals surface area contributed by atoms with Gasteiger partial charge in [-0.15, -0.1) is 0 Å². The van der Waals surface area contributed by atoms with E-state index >= 15 is 0 Å². The molecule has 0 fully saturated rings. The van der Waals surface area contributed by atoms with Gasteiger partial charge in [0, 0.05) is 11.1 Å². The molecular formula is C15H6Cl4F6. The minimum atomic E-state index is -5.84. The van der Waals surface area contributed by atoms with E-state index in [1.54, 1.807) is 0 Å². The molecule has 0 amide bonds. The number of rotatable bonds is 2. The van der Waals surface area contributed by atoms with Gasteiger partial charge in [0.05, 0.1) is 20.1 Å². The van der Waals surface area contributed by atoms with E-state index in [1.807, 2.05) is 0 Å². The Morgan fingerprint density at radius 1 is 0.560 bits per heavy atom. The van der Waals surface area contributed by atoms with Crippen LogP contribution < -0.4 is 0 Å². The Morgan fingerprint density at radius 2 is 0.880 bits per heavy atom. The van der Waals surface area contributed by atoms with E-state index in [9.17, 15) is 26.3 Å². The molecule has 2 aromatic carbocycles. The van der Waals surface area contributed by atoms with Crippen LogP contribution >= 0.6 is 46.4 Å². The van der Waals surface area contributed by atoms with Crippen LogP contribution in [0.1, 0.15) is 11.1 Å². The Labute approximate surface area is 158 Å². The lowest BCUT2D eigenvalue weighted by atomic mass is 9.72. The lowest BCUT2D eigenvalue weighted by molar-refractivity contribution is -0.288. The summed E-state index contributed by atoms with van der Waals surface area (Å²) in [5, 5.41) is -2.69. The fourth-order valence-electron chi connectivity index (χ4n) is 2.50. The van der Waals surface area contributed by atoms with E-state index in [0.29, 0.717) is 12.1 Å². The second kappa shape index (κ2) is 6.72. The first-order chi connectivity index (χ1) is 11.4. The first kappa shape index (κ1) is 20.5. The summed E-state index contributed by atoms with van der Waals surface area (Å²) in [6.07, 6.45) is -11.7. The number of alkyl halides is 6. The highest BCUT2D eigenvalue weighted by Crippen LogP contribution is 2.59. The summed E-state index contributed by atoms with van der Waals surface area (Å²) in [5.41, 5.74) is -7.08. The van der Waals surface area contributed by atoms with Gasteiger partial charge in [-0.05, 0) is 12.1 Å². The molecule has 0 aliphatic heterocycles. The zero-order chi connectivity index (χ0) is 19.2. The van der Waals surface area contributed by atoms with Crippen molar-refractivity contribution < 1.29 is 26.3 Å². The Balaban J connectivity index is 3.09. The Bertz CT molecular complexity index is 730. The Hall–Kier alpha value is -0.820. The molecule has 0 spiro atoms. The molecule has 0 nitrogen and oxygen atoms in total. The van der Waals surface area contributed by atoms with E-state index in [0.717, 1.165) is 24.3 Å². The van der Waals surface area contributed by atoms with Crippen LogP contribution in [0.25, 0.3) is 0 Å². The first-order valence-corrected chi connectivity index (χ1v) is 7.89. The van der Waals surface area contributed by atoms with Crippen molar-refractivity contribution in [3.8, 4) is 0 Å². The van der Waals surface area contributed by atoms with E-state index in [-0.39, 0.29) is 0 Å². The molecule has 0 aliphatic carbocycles. The molecule has 136 valence electrons. The van der Waals surface area contributed by atoms with Crippen LogP contribution in [-0.4, -0.2) is 12.4 Å². The van der Waals surface area contributed by atoms with Crippen molar-refractivity contribution in [2.24, 2.45) is 0 Å². The third-order valence-corrected chi connectivity index (χ3v) is 5.20. The summed E-state index contributed by atoms with van der Waals surface area (Å²) < 4.78 is 83.7. The maximum Gasteiger partial charge on any atom is 0.411 e. The quantitative estimate of drug-likeness (QED) is 0.418. The van der Waals surface area contributed by atoms with Crippen molar-refractivity contribution in [3.63, 3.8) is 0 Å². The van der Waals surface area contributed by atoms with Gasteiger partial charge in [0.1, 0.15) is 0 Å². The lowest BCUT2D eigenvalue weighted by Crippen LogP contribution is -2.55. The summed E-state index contributed by atoms with van der Waals surface area (Å²) in [6.45, 7) is 0. The van der Waals surface area contributed by atoms with Gasteiger partial charge in [0.2, 0.25) is 5.41 Å². The summed E-state index contributed by atoms with van der Waals surface area (Å²) in [7, 11) is 0. The number of benzene rings is 2. The molecule has 0 radical (unpaired) electrons. The van der Waals surface area contributed by atoms with E-state index in [1.165, 1.54) is 0 Å². The minimum Gasteiger partial charge on any atom is -0.169 e. The van der Waals surface area contributed by atoms with Gasteiger partial charge in [0.15, 0.2) is 0 Å². The number of hydrogen-bond acceptors (Lipinski definition) is 0. The summed E-state index contributed by atoms with van der Waals surface area (Å²) in [6, 6.07) is 5.23. The molecule has 0 saturated carbocycles. The largest absolute Gasteiger partial charge is 0.411 e. The highest BCUT2D eigenvalue weighted by molar-refractivity contribution is 6.43. The van der Waals surface area contributed by atoms with Crippen molar-refractivity contribution in [2.75, 3.05) is 0 Å².